The Balaban J connectivity index is 2.08. The van der Waals surface area contributed by atoms with Gasteiger partial charge in [0.05, 0.1) is 36.1 Å². The van der Waals surface area contributed by atoms with Crippen molar-refractivity contribution in [1.82, 2.24) is 9.97 Å². The van der Waals surface area contributed by atoms with Crippen molar-refractivity contribution in [2.24, 2.45) is 0 Å². The van der Waals surface area contributed by atoms with Crippen LogP contribution in [0.5, 0.6) is 0 Å². The average molecular weight is 200 g/mol. The van der Waals surface area contributed by atoms with E-state index in [4.69, 9.17) is 11.6 Å². The Kier molecular flexibility index (Phi) is 1.89. The molecule has 13 heavy (non-hydrogen) atoms. The van der Waals surface area contributed by atoms with Gasteiger partial charge in [-0.2, -0.15) is 0 Å². The van der Waals surface area contributed by atoms with Gasteiger partial charge in [0.15, 0.2) is 0 Å². The second-order valence-electron chi connectivity index (χ2n) is 3.55. The largest absolute Gasteiger partial charge is 0.386 e. The number of halogens is 1. The van der Waals surface area contributed by atoms with Gasteiger partial charge in [-0.3, -0.25) is 0 Å². The van der Waals surface area contributed by atoms with E-state index in [1.165, 1.54) is 0 Å². The van der Waals surface area contributed by atoms with Crippen molar-refractivity contribution in [3.8, 4) is 0 Å². The number of aliphatic hydroxyl groups is 1. The smallest absolute Gasteiger partial charge is 0.225 e. The Morgan fingerprint density at radius 2 is 2.00 bits per heavy atom. The van der Waals surface area contributed by atoms with Gasteiger partial charge in [-0.25, -0.2) is 9.97 Å². The van der Waals surface area contributed by atoms with Gasteiger partial charge in [0.2, 0.25) is 5.95 Å². The molecule has 1 aromatic heterocycles. The van der Waals surface area contributed by atoms with E-state index in [9.17, 15) is 5.11 Å². The van der Waals surface area contributed by atoms with Crippen LogP contribution in [0.25, 0.3) is 0 Å². The van der Waals surface area contributed by atoms with Gasteiger partial charge >= 0.3 is 0 Å². The molecule has 1 N–H and O–H groups in total. The van der Waals surface area contributed by atoms with Crippen molar-refractivity contribution in [1.29, 1.82) is 0 Å². The van der Waals surface area contributed by atoms with E-state index in [0.717, 1.165) is 0 Å². The molecule has 70 valence electrons. The highest BCUT2D eigenvalue weighted by atomic mass is 35.5. The monoisotopic (exact) mass is 199 g/mol. The van der Waals surface area contributed by atoms with E-state index in [2.05, 4.69) is 9.97 Å². The van der Waals surface area contributed by atoms with Crippen molar-refractivity contribution in [2.45, 2.75) is 12.5 Å². The van der Waals surface area contributed by atoms with Gasteiger partial charge in [-0.15, -0.1) is 0 Å². The van der Waals surface area contributed by atoms with Crippen molar-refractivity contribution < 1.29 is 5.11 Å². The number of aromatic nitrogens is 2. The molecular weight excluding hydrogens is 190 g/mol. The van der Waals surface area contributed by atoms with Gasteiger partial charge in [0, 0.05) is 0 Å². The molecule has 0 aromatic carbocycles. The summed E-state index contributed by atoms with van der Waals surface area (Å²) >= 11 is 5.64. The normalized spacial score (nSPS) is 19.8. The minimum absolute atomic E-state index is 0.524. The number of anilines is 1. The molecule has 2 rings (SSSR count). The fourth-order valence-corrected chi connectivity index (χ4v) is 1.48. The Bertz CT molecular complexity index is 304. The van der Waals surface area contributed by atoms with E-state index in [1.807, 2.05) is 4.90 Å². The molecule has 2 heterocycles. The lowest BCUT2D eigenvalue weighted by atomic mass is 9.98. The zero-order valence-electron chi connectivity index (χ0n) is 7.24. The van der Waals surface area contributed by atoms with Crippen LogP contribution in [-0.4, -0.2) is 33.8 Å². The zero-order chi connectivity index (χ0) is 9.47. The highest BCUT2D eigenvalue weighted by molar-refractivity contribution is 6.30. The van der Waals surface area contributed by atoms with Crippen LogP contribution >= 0.6 is 11.6 Å². The Hall–Kier alpha value is -0.870. The van der Waals surface area contributed by atoms with E-state index in [0.29, 0.717) is 24.1 Å². The molecule has 1 aliphatic rings. The summed E-state index contributed by atoms with van der Waals surface area (Å²) in [6.07, 6.45) is 3.11. The first-order chi connectivity index (χ1) is 6.07. The topological polar surface area (TPSA) is 49.2 Å². The third-order valence-corrected chi connectivity index (χ3v) is 2.15. The summed E-state index contributed by atoms with van der Waals surface area (Å²) in [5, 5.41) is 10.0. The van der Waals surface area contributed by atoms with E-state index < -0.39 is 5.60 Å². The van der Waals surface area contributed by atoms with Crippen LogP contribution in [0.15, 0.2) is 12.4 Å². The summed E-state index contributed by atoms with van der Waals surface area (Å²) in [6, 6.07) is 0. The SMILES string of the molecule is CC1(O)CN(c2ncc(Cl)cn2)C1. The number of hydrogen-bond acceptors (Lipinski definition) is 4. The summed E-state index contributed by atoms with van der Waals surface area (Å²) in [7, 11) is 0. The minimum Gasteiger partial charge on any atom is -0.386 e. The molecule has 1 aromatic rings. The van der Waals surface area contributed by atoms with Crippen LogP contribution in [0, 0.1) is 0 Å². The molecule has 1 saturated heterocycles. The quantitative estimate of drug-likeness (QED) is 0.724. The summed E-state index contributed by atoms with van der Waals surface area (Å²) < 4.78 is 0. The molecular formula is C8H10ClN3O. The maximum atomic E-state index is 9.48. The first kappa shape index (κ1) is 8.72. The molecule has 0 saturated carbocycles. The predicted octanol–water partition coefficient (Wildman–Crippen LogP) is 0.701. The maximum Gasteiger partial charge on any atom is 0.225 e. The second kappa shape index (κ2) is 2.82. The highest BCUT2D eigenvalue weighted by Crippen LogP contribution is 2.24. The zero-order valence-corrected chi connectivity index (χ0v) is 7.99. The van der Waals surface area contributed by atoms with Crippen LogP contribution in [0.2, 0.25) is 5.02 Å². The molecule has 0 radical (unpaired) electrons. The van der Waals surface area contributed by atoms with Crippen molar-refractivity contribution in [3.05, 3.63) is 17.4 Å². The van der Waals surface area contributed by atoms with Crippen LogP contribution < -0.4 is 4.90 Å². The lowest BCUT2D eigenvalue weighted by Crippen LogP contribution is -2.60. The van der Waals surface area contributed by atoms with E-state index >= 15 is 0 Å². The lowest BCUT2D eigenvalue weighted by Gasteiger charge is -2.43. The third-order valence-electron chi connectivity index (χ3n) is 1.95. The molecule has 0 amide bonds. The first-order valence-electron chi connectivity index (χ1n) is 4.02. The summed E-state index contributed by atoms with van der Waals surface area (Å²) in [6.45, 7) is 2.95. The lowest BCUT2D eigenvalue weighted by molar-refractivity contribution is 0.0300. The van der Waals surface area contributed by atoms with E-state index in [-0.39, 0.29) is 0 Å². The molecule has 1 fully saturated rings. The number of hydrogen-bond donors (Lipinski definition) is 1. The molecule has 0 unspecified atom stereocenters. The fourth-order valence-electron chi connectivity index (χ4n) is 1.39. The predicted molar refractivity (Wildman–Crippen MR) is 49.9 cm³/mol. The van der Waals surface area contributed by atoms with Crippen molar-refractivity contribution in [2.75, 3.05) is 18.0 Å². The van der Waals surface area contributed by atoms with Crippen LogP contribution in [-0.2, 0) is 0 Å². The fraction of sp³-hybridized carbons (Fsp3) is 0.500. The summed E-state index contributed by atoms with van der Waals surface area (Å²) in [4.78, 5) is 9.97. The van der Waals surface area contributed by atoms with Gasteiger partial charge < -0.3 is 10.0 Å². The van der Waals surface area contributed by atoms with Crippen LogP contribution in [0.4, 0.5) is 5.95 Å². The standard InChI is InChI=1S/C8H10ClN3O/c1-8(13)4-12(5-8)7-10-2-6(9)3-11-7/h2-3,13H,4-5H2,1H3. The number of nitrogens with zero attached hydrogens (tertiary/aromatic N) is 3. The summed E-state index contributed by atoms with van der Waals surface area (Å²) in [5.74, 6) is 0.621. The molecule has 0 atom stereocenters. The number of rotatable bonds is 1. The van der Waals surface area contributed by atoms with Crippen LogP contribution in [0.3, 0.4) is 0 Å². The van der Waals surface area contributed by atoms with Gasteiger partial charge in [0.25, 0.3) is 0 Å². The Labute approximate surface area is 81.2 Å². The Morgan fingerprint density at radius 1 is 1.46 bits per heavy atom. The molecule has 0 bridgehead atoms. The molecule has 0 spiro atoms. The van der Waals surface area contributed by atoms with Gasteiger partial charge in [-0.05, 0) is 6.92 Å². The van der Waals surface area contributed by atoms with Gasteiger partial charge in [0.1, 0.15) is 0 Å². The number of β-amino-alcohol motifs (C(OH)–C–C–N with tert-alkyl or cyclic N) is 1. The molecule has 5 heteroatoms. The molecule has 0 aliphatic carbocycles. The maximum absolute atomic E-state index is 9.48. The average Bonchev–Trinajstić information content (AvgIpc) is 2.01. The van der Waals surface area contributed by atoms with Gasteiger partial charge in [-0.1, -0.05) is 11.6 Å². The van der Waals surface area contributed by atoms with E-state index in [1.54, 1.807) is 19.3 Å². The second-order valence-corrected chi connectivity index (χ2v) is 3.99. The van der Waals surface area contributed by atoms with Crippen LogP contribution in [0.1, 0.15) is 6.92 Å². The minimum atomic E-state index is -0.594. The van der Waals surface area contributed by atoms with Crippen molar-refractivity contribution >= 4 is 17.5 Å². The molecule has 1 aliphatic heterocycles. The molecule has 4 nitrogen and oxygen atoms in total. The highest BCUT2D eigenvalue weighted by Gasteiger charge is 2.37. The Morgan fingerprint density at radius 3 is 2.46 bits per heavy atom. The summed E-state index contributed by atoms with van der Waals surface area (Å²) in [5.41, 5.74) is -0.594. The third kappa shape index (κ3) is 1.73. The van der Waals surface area contributed by atoms with Crippen molar-refractivity contribution in [3.63, 3.8) is 0 Å². The first-order valence-corrected chi connectivity index (χ1v) is 4.39.